The van der Waals surface area contributed by atoms with Gasteiger partial charge in [-0.3, -0.25) is 4.57 Å². The normalized spacial score (nSPS) is 10.3. The second-order valence-electron chi connectivity index (χ2n) is 5.20. The van der Waals surface area contributed by atoms with Crippen molar-refractivity contribution in [1.82, 2.24) is 14.5 Å². The number of hydrogen-bond acceptors (Lipinski definition) is 3. The molecule has 2 aromatic heterocycles. The predicted molar refractivity (Wildman–Crippen MR) is 89.9 cm³/mol. The summed E-state index contributed by atoms with van der Waals surface area (Å²) >= 11 is 0. The van der Waals surface area contributed by atoms with E-state index in [0.29, 0.717) is 5.69 Å². The fourth-order valence-electron chi connectivity index (χ4n) is 2.24. The first-order chi connectivity index (χ1) is 11.1. The molecule has 0 saturated heterocycles. The van der Waals surface area contributed by atoms with Crippen molar-refractivity contribution in [1.29, 1.82) is 0 Å². The summed E-state index contributed by atoms with van der Waals surface area (Å²) in [6.07, 6.45) is 5.18. The molecule has 2 amide bonds. The summed E-state index contributed by atoms with van der Waals surface area (Å²) in [6.45, 7) is 3.88. The van der Waals surface area contributed by atoms with Crippen LogP contribution in [0.5, 0.6) is 0 Å². The van der Waals surface area contributed by atoms with Gasteiger partial charge in [0.2, 0.25) is 0 Å². The summed E-state index contributed by atoms with van der Waals surface area (Å²) in [7, 11) is 0. The summed E-state index contributed by atoms with van der Waals surface area (Å²) in [4.78, 5) is 20.5. The minimum Gasteiger partial charge on any atom is -0.308 e. The molecule has 6 nitrogen and oxygen atoms in total. The number of aromatic nitrogens is 3. The number of nitrogens with one attached hydrogen (secondary N) is 2. The summed E-state index contributed by atoms with van der Waals surface area (Å²) in [5, 5.41) is 5.55. The topological polar surface area (TPSA) is 71.8 Å². The highest BCUT2D eigenvalue weighted by Crippen LogP contribution is 2.13. The molecule has 116 valence electrons. The molecular formula is C17H17N5O. The maximum Gasteiger partial charge on any atom is 0.323 e. The van der Waals surface area contributed by atoms with Gasteiger partial charge in [-0.05, 0) is 43.7 Å². The molecule has 3 rings (SSSR count). The van der Waals surface area contributed by atoms with Crippen LogP contribution in [-0.4, -0.2) is 20.6 Å². The summed E-state index contributed by atoms with van der Waals surface area (Å²) in [5.74, 6) is 1.61. The van der Waals surface area contributed by atoms with E-state index in [2.05, 4.69) is 20.6 Å². The summed E-state index contributed by atoms with van der Waals surface area (Å²) < 4.78 is 1.87. The maximum atomic E-state index is 12.0. The molecule has 0 spiro atoms. The lowest BCUT2D eigenvalue weighted by atomic mass is 10.2. The van der Waals surface area contributed by atoms with E-state index in [4.69, 9.17) is 0 Å². The van der Waals surface area contributed by atoms with Crippen LogP contribution in [0.25, 0.3) is 5.82 Å². The highest BCUT2D eigenvalue weighted by Gasteiger charge is 2.05. The first-order valence-electron chi connectivity index (χ1n) is 7.23. The first-order valence-corrected chi connectivity index (χ1v) is 7.23. The van der Waals surface area contributed by atoms with Crippen LogP contribution in [0.2, 0.25) is 0 Å². The zero-order valence-corrected chi connectivity index (χ0v) is 12.9. The average Bonchev–Trinajstić information content (AvgIpc) is 2.94. The van der Waals surface area contributed by atoms with Crippen molar-refractivity contribution in [3.05, 3.63) is 66.4 Å². The summed E-state index contributed by atoms with van der Waals surface area (Å²) in [5.41, 5.74) is 2.46. The average molecular weight is 307 g/mol. The van der Waals surface area contributed by atoms with Gasteiger partial charge in [0.25, 0.3) is 0 Å². The Labute approximate surface area is 134 Å². The number of rotatable bonds is 3. The third kappa shape index (κ3) is 3.55. The van der Waals surface area contributed by atoms with Crippen molar-refractivity contribution < 1.29 is 4.79 Å². The lowest BCUT2D eigenvalue weighted by molar-refractivity contribution is 0.262. The van der Waals surface area contributed by atoms with Crippen LogP contribution in [0.1, 0.15) is 11.4 Å². The van der Waals surface area contributed by atoms with E-state index in [0.717, 1.165) is 22.9 Å². The number of benzene rings is 1. The van der Waals surface area contributed by atoms with Crippen LogP contribution in [0.15, 0.2) is 55.0 Å². The minimum absolute atomic E-state index is 0.302. The number of anilines is 2. The molecule has 0 fully saturated rings. The van der Waals surface area contributed by atoms with Gasteiger partial charge in [0.05, 0.1) is 11.9 Å². The van der Waals surface area contributed by atoms with E-state index in [1.54, 1.807) is 18.5 Å². The number of aryl methyl sites for hydroxylation is 2. The second-order valence-corrected chi connectivity index (χ2v) is 5.20. The molecule has 0 aliphatic rings. The summed E-state index contributed by atoms with van der Waals surface area (Å²) in [6, 6.07) is 11.0. The SMILES string of the molecule is Cc1cccc(NC(=O)Nc2ccc(-n3ccnc3C)nc2)c1. The highest BCUT2D eigenvalue weighted by atomic mass is 16.2. The molecular weight excluding hydrogens is 290 g/mol. The Morgan fingerprint density at radius 1 is 1.04 bits per heavy atom. The van der Waals surface area contributed by atoms with Crippen molar-refractivity contribution in [2.45, 2.75) is 13.8 Å². The Morgan fingerprint density at radius 3 is 2.52 bits per heavy atom. The van der Waals surface area contributed by atoms with Crippen molar-refractivity contribution in [3.8, 4) is 5.82 Å². The van der Waals surface area contributed by atoms with Gasteiger partial charge in [-0.15, -0.1) is 0 Å². The van der Waals surface area contributed by atoms with Crippen molar-refractivity contribution >= 4 is 17.4 Å². The zero-order chi connectivity index (χ0) is 16.2. The lowest BCUT2D eigenvalue weighted by Gasteiger charge is -2.09. The smallest absolute Gasteiger partial charge is 0.308 e. The quantitative estimate of drug-likeness (QED) is 0.777. The highest BCUT2D eigenvalue weighted by molar-refractivity contribution is 5.99. The Balaban J connectivity index is 1.66. The van der Waals surface area contributed by atoms with E-state index in [-0.39, 0.29) is 6.03 Å². The van der Waals surface area contributed by atoms with Gasteiger partial charge in [0, 0.05) is 18.1 Å². The van der Waals surface area contributed by atoms with E-state index >= 15 is 0 Å². The third-order valence-corrected chi connectivity index (χ3v) is 3.35. The van der Waals surface area contributed by atoms with E-state index < -0.39 is 0 Å². The molecule has 6 heteroatoms. The van der Waals surface area contributed by atoms with Gasteiger partial charge >= 0.3 is 6.03 Å². The molecule has 0 unspecified atom stereocenters. The molecule has 1 aromatic carbocycles. The first kappa shape index (κ1) is 14.8. The van der Waals surface area contributed by atoms with Gasteiger partial charge < -0.3 is 10.6 Å². The molecule has 0 bridgehead atoms. The molecule has 2 N–H and O–H groups in total. The molecule has 23 heavy (non-hydrogen) atoms. The van der Waals surface area contributed by atoms with Gasteiger partial charge in [-0.2, -0.15) is 0 Å². The minimum atomic E-state index is -0.302. The van der Waals surface area contributed by atoms with Crippen LogP contribution >= 0.6 is 0 Å². The largest absolute Gasteiger partial charge is 0.323 e. The standard InChI is InChI=1S/C17H17N5O/c1-12-4-3-5-14(10-12)20-17(23)21-15-6-7-16(19-11-15)22-9-8-18-13(22)2/h3-11H,1-2H3,(H2,20,21,23). The number of nitrogens with zero attached hydrogens (tertiary/aromatic N) is 3. The number of amides is 2. The van der Waals surface area contributed by atoms with Crippen LogP contribution in [0.4, 0.5) is 16.2 Å². The monoisotopic (exact) mass is 307 g/mol. The van der Waals surface area contributed by atoms with Gasteiger partial charge in [0.15, 0.2) is 0 Å². The van der Waals surface area contributed by atoms with Gasteiger partial charge in [-0.25, -0.2) is 14.8 Å². The Hall–Kier alpha value is -3.15. The molecule has 2 heterocycles. The third-order valence-electron chi connectivity index (χ3n) is 3.35. The van der Waals surface area contributed by atoms with Crippen LogP contribution < -0.4 is 10.6 Å². The van der Waals surface area contributed by atoms with Gasteiger partial charge in [-0.1, -0.05) is 12.1 Å². The van der Waals surface area contributed by atoms with Crippen LogP contribution in [0.3, 0.4) is 0 Å². The number of imidazole rings is 1. The number of pyridine rings is 1. The molecule has 0 saturated carbocycles. The van der Waals surface area contributed by atoms with Crippen molar-refractivity contribution in [2.75, 3.05) is 10.6 Å². The van der Waals surface area contributed by atoms with Gasteiger partial charge in [0.1, 0.15) is 11.6 Å². The van der Waals surface area contributed by atoms with Crippen LogP contribution in [0, 0.1) is 13.8 Å². The maximum absolute atomic E-state index is 12.0. The Bertz CT molecular complexity index is 823. The second kappa shape index (κ2) is 6.31. The zero-order valence-electron chi connectivity index (χ0n) is 12.9. The predicted octanol–water partition coefficient (Wildman–Crippen LogP) is 3.53. The molecule has 3 aromatic rings. The lowest BCUT2D eigenvalue weighted by Crippen LogP contribution is -2.19. The van der Waals surface area contributed by atoms with Crippen LogP contribution in [-0.2, 0) is 0 Å². The molecule has 0 atom stereocenters. The van der Waals surface area contributed by atoms with E-state index in [9.17, 15) is 4.79 Å². The fraction of sp³-hybridized carbons (Fsp3) is 0.118. The van der Waals surface area contributed by atoms with Crippen molar-refractivity contribution in [2.24, 2.45) is 0 Å². The Morgan fingerprint density at radius 2 is 1.87 bits per heavy atom. The fourth-order valence-corrected chi connectivity index (χ4v) is 2.24. The molecule has 0 aliphatic carbocycles. The number of hydrogen-bond donors (Lipinski definition) is 2. The molecule has 0 aliphatic heterocycles. The van der Waals surface area contributed by atoms with Crippen molar-refractivity contribution in [3.63, 3.8) is 0 Å². The van der Waals surface area contributed by atoms with E-state index in [1.165, 1.54) is 0 Å². The number of carbonyl (C=O) groups excluding carboxylic acids is 1. The van der Waals surface area contributed by atoms with E-state index in [1.807, 2.05) is 54.9 Å². The Kier molecular flexibility index (Phi) is 4.05. The molecule has 0 radical (unpaired) electrons. The number of urea groups is 1. The number of carbonyl (C=O) groups is 1.